The molecule has 26 heavy (non-hydrogen) atoms. The molecule has 0 aliphatic rings. The Hall–Kier alpha value is -2.41. The van der Waals surface area contributed by atoms with E-state index in [4.69, 9.17) is 4.74 Å². The van der Waals surface area contributed by atoms with E-state index in [1.165, 1.54) is 30.1 Å². The molecule has 1 atom stereocenters. The van der Waals surface area contributed by atoms with Crippen molar-refractivity contribution in [2.45, 2.75) is 20.0 Å². The Labute approximate surface area is 160 Å². The highest BCUT2D eigenvalue weighted by atomic mass is 79.9. The fraction of sp³-hybridized carbons (Fsp3) is 0.263. The molecule has 0 spiro atoms. The van der Waals surface area contributed by atoms with Gasteiger partial charge in [-0.25, -0.2) is 4.39 Å². The molecule has 5 nitrogen and oxygen atoms in total. The molecule has 2 rings (SSSR count). The van der Waals surface area contributed by atoms with E-state index in [0.717, 1.165) is 5.56 Å². The number of likely N-dealkylation sites (N-methyl/N-ethyl adjacent to an activating group) is 1. The third-order valence-corrected chi connectivity index (χ3v) is 4.26. The number of hydrogen-bond acceptors (Lipinski definition) is 3. The van der Waals surface area contributed by atoms with Crippen LogP contribution in [-0.4, -0.2) is 36.4 Å². The average molecular weight is 423 g/mol. The predicted octanol–water partition coefficient (Wildman–Crippen LogP) is 3.76. The highest BCUT2D eigenvalue weighted by Crippen LogP contribution is 2.26. The first kappa shape index (κ1) is 19.9. The van der Waals surface area contributed by atoms with E-state index in [9.17, 15) is 14.0 Å². The summed E-state index contributed by atoms with van der Waals surface area (Å²) in [6.45, 7) is 3.43. The highest BCUT2D eigenvalue weighted by Gasteiger charge is 2.22. The van der Waals surface area contributed by atoms with Gasteiger partial charge in [0, 0.05) is 12.7 Å². The average Bonchev–Trinajstić information content (AvgIpc) is 2.58. The molecule has 0 fully saturated rings. The molecule has 0 saturated heterocycles. The summed E-state index contributed by atoms with van der Waals surface area (Å²) in [5.74, 6) is -0.724. The maximum atomic E-state index is 13.1. The minimum Gasteiger partial charge on any atom is -0.480 e. The lowest BCUT2D eigenvalue weighted by Crippen LogP contribution is -2.42. The lowest BCUT2D eigenvalue weighted by atomic mass is 10.2. The van der Waals surface area contributed by atoms with Crippen molar-refractivity contribution in [3.63, 3.8) is 0 Å². The molecule has 2 aromatic rings. The molecule has 0 aliphatic carbocycles. The Kier molecular flexibility index (Phi) is 6.74. The summed E-state index contributed by atoms with van der Waals surface area (Å²) in [5.41, 5.74) is 1.76. The molecule has 1 unspecified atom stereocenters. The van der Waals surface area contributed by atoms with E-state index < -0.39 is 11.9 Å². The van der Waals surface area contributed by atoms with Gasteiger partial charge in [-0.1, -0.05) is 17.7 Å². The van der Waals surface area contributed by atoms with E-state index in [1.54, 1.807) is 19.1 Å². The molecule has 0 aromatic heterocycles. The van der Waals surface area contributed by atoms with Crippen LogP contribution < -0.4 is 10.1 Å². The topological polar surface area (TPSA) is 58.6 Å². The lowest BCUT2D eigenvalue weighted by Gasteiger charge is -2.22. The highest BCUT2D eigenvalue weighted by molar-refractivity contribution is 9.10. The number of amides is 2. The molecule has 7 heteroatoms. The van der Waals surface area contributed by atoms with Crippen LogP contribution in [-0.2, 0) is 9.59 Å². The number of benzene rings is 2. The van der Waals surface area contributed by atoms with Crippen LogP contribution in [0.4, 0.5) is 10.1 Å². The second-order valence-corrected chi connectivity index (χ2v) is 6.80. The van der Waals surface area contributed by atoms with Crippen molar-refractivity contribution in [1.82, 2.24) is 4.90 Å². The van der Waals surface area contributed by atoms with Crippen molar-refractivity contribution in [3.05, 3.63) is 58.3 Å². The van der Waals surface area contributed by atoms with Crippen molar-refractivity contribution in [2.24, 2.45) is 0 Å². The maximum Gasteiger partial charge on any atom is 0.263 e. The van der Waals surface area contributed by atoms with E-state index >= 15 is 0 Å². The number of halogens is 2. The zero-order chi connectivity index (χ0) is 19.3. The minimum absolute atomic E-state index is 0.106. The van der Waals surface area contributed by atoms with Gasteiger partial charge in [0.05, 0.1) is 11.0 Å². The Morgan fingerprint density at radius 3 is 2.50 bits per heavy atom. The number of ether oxygens (including phenoxy) is 1. The van der Waals surface area contributed by atoms with Crippen molar-refractivity contribution < 1.29 is 18.7 Å². The number of nitrogens with one attached hydrogen (secondary N) is 1. The molecule has 1 N–H and O–H groups in total. The number of carbonyl (C=O) groups is 2. The number of carbonyl (C=O) groups excluding carboxylic acids is 2. The SMILES string of the molecule is Cc1ccc(NC(=O)CN(C)C(=O)C(C)Oc2ccc(F)cc2Br)cc1. The van der Waals surface area contributed by atoms with Gasteiger partial charge in [-0.05, 0) is 60.1 Å². The molecule has 2 aromatic carbocycles. The summed E-state index contributed by atoms with van der Waals surface area (Å²) in [5, 5.41) is 2.74. The van der Waals surface area contributed by atoms with Gasteiger partial charge < -0.3 is 15.0 Å². The van der Waals surface area contributed by atoms with Crippen LogP contribution in [0.5, 0.6) is 5.75 Å². The van der Waals surface area contributed by atoms with Gasteiger partial charge in [0.2, 0.25) is 5.91 Å². The molecule has 0 radical (unpaired) electrons. The van der Waals surface area contributed by atoms with Crippen LogP contribution in [0.2, 0.25) is 0 Å². The first-order valence-corrected chi connectivity index (χ1v) is 8.79. The molecule has 0 saturated carbocycles. The largest absolute Gasteiger partial charge is 0.480 e. The van der Waals surface area contributed by atoms with Crippen molar-refractivity contribution in [2.75, 3.05) is 18.9 Å². The monoisotopic (exact) mass is 422 g/mol. The first-order chi connectivity index (χ1) is 12.3. The molecular weight excluding hydrogens is 403 g/mol. The molecular formula is C19H20BrFN2O3. The number of anilines is 1. The second kappa shape index (κ2) is 8.80. The minimum atomic E-state index is -0.825. The van der Waals surface area contributed by atoms with Crippen LogP contribution in [0.15, 0.2) is 46.9 Å². The summed E-state index contributed by atoms with van der Waals surface area (Å²) in [7, 11) is 1.52. The Balaban J connectivity index is 1.91. The van der Waals surface area contributed by atoms with Gasteiger partial charge in [0.15, 0.2) is 6.10 Å². The van der Waals surface area contributed by atoms with E-state index in [0.29, 0.717) is 15.9 Å². The van der Waals surface area contributed by atoms with Gasteiger partial charge >= 0.3 is 0 Å². The smallest absolute Gasteiger partial charge is 0.263 e. The summed E-state index contributed by atoms with van der Waals surface area (Å²) in [6.07, 6.45) is -0.825. The van der Waals surface area contributed by atoms with Crippen LogP contribution in [0.1, 0.15) is 12.5 Å². The van der Waals surface area contributed by atoms with Gasteiger partial charge in [0.1, 0.15) is 11.6 Å². The normalized spacial score (nSPS) is 11.6. The van der Waals surface area contributed by atoms with Crippen LogP contribution >= 0.6 is 15.9 Å². The second-order valence-electron chi connectivity index (χ2n) is 5.94. The molecule has 138 valence electrons. The third-order valence-electron chi connectivity index (χ3n) is 3.64. The molecule has 0 bridgehead atoms. The van der Waals surface area contributed by atoms with Gasteiger partial charge in [-0.15, -0.1) is 0 Å². The quantitative estimate of drug-likeness (QED) is 0.770. The standard InChI is InChI=1S/C19H20BrFN2O3/c1-12-4-7-15(8-5-12)22-18(24)11-23(3)19(25)13(2)26-17-9-6-14(21)10-16(17)20/h4-10,13H,11H2,1-3H3,(H,22,24). The lowest BCUT2D eigenvalue weighted by molar-refractivity contribution is -0.139. The van der Waals surface area contributed by atoms with Crippen molar-refractivity contribution in [1.29, 1.82) is 0 Å². The fourth-order valence-corrected chi connectivity index (χ4v) is 2.70. The van der Waals surface area contributed by atoms with E-state index in [1.807, 2.05) is 19.1 Å². The van der Waals surface area contributed by atoms with Gasteiger partial charge in [0.25, 0.3) is 5.91 Å². The molecule has 0 aliphatic heterocycles. The van der Waals surface area contributed by atoms with Gasteiger partial charge in [-0.3, -0.25) is 9.59 Å². The Morgan fingerprint density at radius 1 is 1.23 bits per heavy atom. The summed E-state index contributed by atoms with van der Waals surface area (Å²) in [6, 6.07) is 11.3. The predicted molar refractivity (Wildman–Crippen MR) is 102 cm³/mol. The van der Waals surface area contributed by atoms with Gasteiger partial charge in [-0.2, -0.15) is 0 Å². The van der Waals surface area contributed by atoms with E-state index in [2.05, 4.69) is 21.2 Å². The number of aryl methyl sites for hydroxylation is 1. The van der Waals surface area contributed by atoms with Crippen molar-refractivity contribution in [3.8, 4) is 5.75 Å². The fourth-order valence-electron chi connectivity index (χ4n) is 2.25. The van der Waals surface area contributed by atoms with Crippen LogP contribution in [0.25, 0.3) is 0 Å². The molecule has 0 heterocycles. The summed E-state index contributed by atoms with van der Waals surface area (Å²) >= 11 is 3.19. The number of nitrogens with zero attached hydrogens (tertiary/aromatic N) is 1. The number of rotatable bonds is 6. The van der Waals surface area contributed by atoms with Crippen LogP contribution in [0, 0.1) is 12.7 Å². The zero-order valence-corrected chi connectivity index (χ0v) is 16.3. The number of hydrogen-bond donors (Lipinski definition) is 1. The Morgan fingerprint density at radius 2 is 1.88 bits per heavy atom. The Bertz CT molecular complexity index is 796. The zero-order valence-electron chi connectivity index (χ0n) is 14.8. The third kappa shape index (κ3) is 5.56. The van der Waals surface area contributed by atoms with E-state index in [-0.39, 0.29) is 18.4 Å². The van der Waals surface area contributed by atoms with Crippen molar-refractivity contribution >= 4 is 33.4 Å². The van der Waals surface area contributed by atoms with Crippen LogP contribution in [0.3, 0.4) is 0 Å². The molecule has 2 amide bonds. The first-order valence-electron chi connectivity index (χ1n) is 7.99. The maximum absolute atomic E-state index is 13.1. The summed E-state index contributed by atoms with van der Waals surface area (Å²) in [4.78, 5) is 25.8. The summed E-state index contributed by atoms with van der Waals surface area (Å²) < 4.78 is 19.1.